The third-order valence-corrected chi connectivity index (χ3v) is 6.83. The molecule has 0 aliphatic carbocycles. The normalized spacial score (nSPS) is 16.9. The number of fused-ring (bicyclic) bond motifs is 1. The molecular formula is C21H25N5O2S. The van der Waals surface area contributed by atoms with Crippen LogP contribution in [0.5, 0.6) is 0 Å². The summed E-state index contributed by atoms with van der Waals surface area (Å²) < 4.78 is 1.99. The molecule has 1 saturated heterocycles. The number of aromatic nitrogens is 3. The molecule has 4 heterocycles. The molecule has 0 saturated carbocycles. The van der Waals surface area contributed by atoms with Gasteiger partial charge in [-0.15, -0.1) is 21.5 Å². The van der Waals surface area contributed by atoms with Gasteiger partial charge in [0.2, 0.25) is 5.91 Å². The molecule has 29 heavy (non-hydrogen) atoms. The van der Waals surface area contributed by atoms with Gasteiger partial charge in [0.05, 0.1) is 11.4 Å². The van der Waals surface area contributed by atoms with E-state index in [1.165, 1.54) is 16.2 Å². The van der Waals surface area contributed by atoms with Crippen molar-refractivity contribution in [3.63, 3.8) is 0 Å². The number of thiophene rings is 1. The van der Waals surface area contributed by atoms with Gasteiger partial charge in [-0.25, -0.2) is 0 Å². The second-order valence-corrected chi connectivity index (χ2v) is 8.56. The fourth-order valence-corrected chi connectivity index (χ4v) is 4.92. The van der Waals surface area contributed by atoms with Gasteiger partial charge in [0.15, 0.2) is 5.65 Å². The molecule has 0 spiro atoms. The minimum atomic E-state index is -0.178. The van der Waals surface area contributed by atoms with Crippen molar-refractivity contribution in [2.75, 3.05) is 19.6 Å². The molecule has 7 nitrogen and oxygen atoms in total. The topological polar surface area (TPSA) is 79.6 Å². The summed E-state index contributed by atoms with van der Waals surface area (Å²) in [6.07, 6.45) is 4.75. The molecule has 2 amide bonds. The minimum absolute atomic E-state index is 0.0184. The van der Waals surface area contributed by atoms with Gasteiger partial charge in [0.1, 0.15) is 5.82 Å². The predicted molar refractivity (Wildman–Crippen MR) is 112 cm³/mol. The van der Waals surface area contributed by atoms with E-state index >= 15 is 0 Å². The Morgan fingerprint density at radius 1 is 1.31 bits per heavy atom. The van der Waals surface area contributed by atoms with Crippen LogP contribution in [0.1, 0.15) is 51.6 Å². The summed E-state index contributed by atoms with van der Waals surface area (Å²) >= 11 is 1.50. The number of carbonyl (C=O) groups is 2. The van der Waals surface area contributed by atoms with E-state index in [-0.39, 0.29) is 24.3 Å². The summed E-state index contributed by atoms with van der Waals surface area (Å²) in [6.45, 7) is 5.42. The molecule has 152 valence electrons. The first-order valence-corrected chi connectivity index (χ1v) is 10.8. The molecule has 1 atom stereocenters. The lowest BCUT2D eigenvalue weighted by molar-refractivity contribution is -0.131. The Balaban J connectivity index is 1.38. The highest BCUT2D eigenvalue weighted by Crippen LogP contribution is 2.26. The first-order valence-electron chi connectivity index (χ1n) is 10.0. The van der Waals surface area contributed by atoms with Crippen molar-refractivity contribution in [2.24, 2.45) is 0 Å². The van der Waals surface area contributed by atoms with Gasteiger partial charge in [-0.05, 0) is 49.9 Å². The van der Waals surface area contributed by atoms with Gasteiger partial charge in [0.25, 0.3) is 5.91 Å². The van der Waals surface area contributed by atoms with Crippen molar-refractivity contribution >= 4 is 28.8 Å². The highest BCUT2D eigenvalue weighted by atomic mass is 32.1. The van der Waals surface area contributed by atoms with Crippen LogP contribution in [0, 0.1) is 6.92 Å². The van der Waals surface area contributed by atoms with Crippen LogP contribution < -0.4 is 5.32 Å². The number of piperidine rings is 1. The first kappa shape index (κ1) is 19.6. The maximum absolute atomic E-state index is 12.7. The van der Waals surface area contributed by atoms with Crippen LogP contribution in [0.25, 0.3) is 5.65 Å². The van der Waals surface area contributed by atoms with Crippen molar-refractivity contribution in [1.82, 2.24) is 24.8 Å². The van der Waals surface area contributed by atoms with E-state index in [2.05, 4.69) is 22.4 Å². The van der Waals surface area contributed by atoms with E-state index < -0.39 is 0 Å². The molecule has 1 fully saturated rings. The first-order chi connectivity index (χ1) is 14.1. The molecule has 0 radical (unpaired) electrons. The van der Waals surface area contributed by atoms with Crippen LogP contribution in [-0.4, -0.2) is 50.9 Å². The van der Waals surface area contributed by atoms with Gasteiger partial charge in [0, 0.05) is 30.1 Å². The number of aryl methyl sites for hydroxylation is 2. The molecule has 3 aromatic rings. The average molecular weight is 412 g/mol. The fraction of sp³-hybridized carbons (Fsp3) is 0.429. The van der Waals surface area contributed by atoms with E-state index in [0.29, 0.717) is 18.0 Å². The SMILES string of the molecule is CCc1sc(C(=O)NCC(=O)N2CCCC(c3nnc4ccccn34)C2)cc1C. The number of carbonyl (C=O) groups excluding carboxylic acids is 2. The zero-order valence-corrected chi connectivity index (χ0v) is 17.5. The molecule has 4 rings (SSSR count). The van der Waals surface area contributed by atoms with E-state index in [1.807, 2.05) is 46.7 Å². The quantitative estimate of drug-likeness (QED) is 0.700. The van der Waals surface area contributed by atoms with Crippen molar-refractivity contribution < 1.29 is 9.59 Å². The summed E-state index contributed by atoms with van der Waals surface area (Å²) in [5, 5.41) is 11.4. The zero-order valence-electron chi connectivity index (χ0n) is 16.7. The Morgan fingerprint density at radius 2 is 2.17 bits per heavy atom. The molecule has 1 unspecified atom stereocenters. The number of nitrogens with one attached hydrogen (secondary N) is 1. The molecule has 0 bridgehead atoms. The lowest BCUT2D eigenvalue weighted by Gasteiger charge is -2.32. The Bertz CT molecular complexity index is 1040. The van der Waals surface area contributed by atoms with E-state index in [0.717, 1.165) is 36.3 Å². The molecular weight excluding hydrogens is 386 g/mol. The standard InChI is InChI=1S/C21H25N5O2S/c1-3-16-14(2)11-17(29-16)21(28)22-12-19(27)25-9-6-7-15(13-25)20-24-23-18-8-4-5-10-26(18)20/h4-5,8,10-11,15H,3,6-7,9,12-13H2,1-2H3,(H,22,28). The molecule has 1 N–H and O–H groups in total. The largest absolute Gasteiger partial charge is 0.342 e. The van der Waals surface area contributed by atoms with Gasteiger partial charge in [-0.1, -0.05) is 13.0 Å². The van der Waals surface area contributed by atoms with E-state index in [9.17, 15) is 9.59 Å². The number of hydrogen-bond donors (Lipinski definition) is 1. The maximum atomic E-state index is 12.7. The molecule has 3 aromatic heterocycles. The van der Waals surface area contributed by atoms with Crippen LogP contribution in [0.4, 0.5) is 0 Å². The molecule has 0 aromatic carbocycles. The van der Waals surface area contributed by atoms with Crippen molar-refractivity contribution in [3.05, 3.63) is 51.6 Å². The third-order valence-electron chi connectivity index (χ3n) is 5.45. The third kappa shape index (κ3) is 4.03. The molecule has 1 aliphatic rings. The summed E-state index contributed by atoms with van der Waals surface area (Å²) in [6, 6.07) is 7.72. The average Bonchev–Trinajstić information content (AvgIpc) is 3.35. The van der Waals surface area contributed by atoms with Gasteiger partial charge in [-0.2, -0.15) is 0 Å². The second kappa shape index (κ2) is 8.32. The Hall–Kier alpha value is -2.74. The Labute approximate surface area is 173 Å². The number of pyridine rings is 1. The number of amides is 2. The summed E-state index contributed by atoms with van der Waals surface area (Å²) in [4.78, 5) is 28.8. The molecule has 1 aliphatic heterocycles. The van der Waals surface area contributed by atoms with Crippen molar-refractivity contribution in [2.45, 2.75) is 39.0 Å². The Morgan fingerprint density at radius 3 is 2.97 bits per heavy atom. The summed E-state index contributed by atoms with van der Waals surface area (Å²) in [5.74, 6) is 0.806. The smallest absolute Gasteiger partial charge is 0.261 e. The number of rotatable bonds is 5. The van der Waals surface area contributed by atoms with Crippen LogP contribution in [0.3, 0.4) is 0 Å². The van der Waals surface area contributed by atoms with Crippen LogP contribution in [0.15, 0.2) is 30.5 Å². The second-order valence-electron chi connectivity index (χ2n) is 7.42. The minimum Gasteiger partial charge on any atom is -0.342 e. The fourth-order valence-electron chi connectivity index (χ4n) is 3.89. The highest BCUT2D eigenvalue weighted by Gasteiger charge is 2.28. The van der Waals surface area contributed by atoms with E-state index in [4.69, 9.17) is 0 Å². The van der Waals surface area contributed by atoms with Crippen LogP contribution >= 0.6 is 11.3 Å². The van der Waals surface area contributed by atoms with Gasteiger partial charge in [-0.3, -0.25) is 14.0 Å². The van der Waals surface area contributed by atoms with Crippen LogP contribution in [0.2, 0.25) is 0 Å². The molecule has 8 heteroatoms. The number of hydrogen-bond acceptors (Lipinski definition) is 5. The lowest BCUT2D eigenvalue weighted by atomic mass is 9.97. The van der Waals surface area contributed by atoms with Gasteiger partial charge < -0.3 is 10.2 Å². The maximum Gasteiger partial charge on any atom is 0.261 e. The van der Waals surface area contributed by atoms with Crippen molar-refractivity contribution in [3.8, 4) is 0 Å². The lowest BCUT2D eigenvalue weighted by Crippen LogP contribution is -2.44. The highest BCUT2D eigenvalue weighted by molar-refractivity contribution is 7.14. The summed E-state index contributed by atoms with van der Waals surface area (Å²) in [7, 11) is 0. The number of likely N-dealkylation sites (tertiary alicyclic amines) is 1. The predicted octanol–water partition coefficient (Wildman–Crippen LogP) is 2.80. The zero-order chi connectivity index (χ0) is 20.4. The number of nitrogens with zero attached hydrogens (tertiary/aromatic N) is 4. The van der Waals surface area contributed by atoms with E-state index in [1.54, 1.807) is 0 Å². The van der Waals surface area contributed by atoms with Crippen molar-refractivity contribution in [1.29, 1.82) is 0 Å². The Kier molecular flexibility index (Phi) is 5.62. The summed E-state index contributed by atoms with van der Waals surface area (Å²) in [5.41, 5.74) is 1.95. The van der Waals surface area contributed by atoms with Crippen LogP contribution in [-0.2, 0) is 11.2 Å². The van der Waals surface area contributed by atoms with Gasteiger partial charge >= 0.3 is 0 Å². The monoisotopic (exact) mass is 411 g/mol.